The number of aromatic nitrogens is 3. The molecule has 3 rings (SSSR count). The van der Waals surface area contributed by atoms with Gasteiger partial charge in [-0.25, -0.2) is 9.97 Å². The Kier molecular flexibility index (Phi) is 2.26. The number of hydrogen-bond acceptors (Lipinski definition) is 3. The molecule has 0 unspecified atom stereocenters. The third-order valence-electron chi connectivity index (χ3n) is 2.73. The number of benzene rings is 1. The second kappa shape index (κ2) is 3.90. The lowest BCUT2D eigenvalue weighted by Gasteiger charge is -2.03. The third kappa shape index (κ3) is 1.54. The van der Waals surface area contributed by atoms with Gasteiger partial charge in [0.05, 0.1) is 11.9 Å². The van der Waals surface area contributed by atoms with Gasteiger partial charge in [0.1, 0.15) is 0 Å². The van der Waals surface area contributed by atoms with E-state index in [9.17, 15) is 0 Å². The summed E-state index contributed by atoms with van der Waals surface area (Å²) in [6, 6.07) is 10.2. The SMILES string of the molecule is CNc1nccn2c(-c3ccccc3)cnc12. The van der Waals surface area contributed by atoms with E-state index in [1.54, 1.807) is 6.20 Å². The first-order valence-electron chi connectivity index (χ1n) is 5.45. The maximum absolute atomic E-state index is 4.40. The highest BCUT2D eigenvalue weighted by Crippen LogP contribution is 2.22. The van der Waals surface area contributed by atoms with Crippen LogP contribution in [0.3, 0.4) is 0 Å². The molecule has 0 aliphatic heterocycles. The van der Waals surface area contributed by atoms with Gasteiger partial charge in [0.15, 0.2) is 11.5 Å². The molecule has 1 aromatic carbocycles. The molecule has 1 N–H and O–H groups in total. The van der Waals surface area contributed by atoms with Gasteiger partial charge in [0.2, 0.25) is 0 Å². The quantitative estimate of drug-likeness (QED) is 0.727. The zero-order chi connectivity index (χ0) is 11.7. The molecule has 0 radical (unpaired) electrons. The van der Waals surface area contributed by atoms with Crippen LogP contribution in [0, 0.1) is 0 Å². The van der Waals surface area contributed by atoms with Crippen LogP contribution in [0.1, 0.15) is 0 Å². The Morgan fingerprint density at radius 2 is 1.94 bits per heavy atom. The van der Waals surface area contributed by atoms with Crippen molar-refractivity contribution in [2.45, 2.75) is 0 Å². The van der Waals surface area contributed by atoms with Crippen molar-refractivity contribution in [1.29, 1.82) is 0 Å². The first kappa shape index (κ1) is 9.84. The summed E-state index contributed by atoms with van der Waals surface area (Å²) in [5.41, 5.74) is 3.06. The summed E-state index contributed by atoms with van der Waals surface area (Å²) in [6.07, 6.45) is 5.56. The van der Waals surface area contributed by atoms with E-state index >= 15 is 0 Å². The minimum absolute atomic E-state index is 0.787. The number of nitrogens with one attached hydrogen (secondary N) is 1. The van der Waals surface area contributed by atoms with E-state index in [2.05, 4.69) is 27.4 Å². The smallest absolute Gasteiger partial charge is 0.180 e. The van der Waals surface area contributed by atoms with Crippen LogP contribution in [-0.4, -0.2) is 21.4 Å². The van der Waals surface area contributed by atoms with Gasteiger partial charge in [-0.05, 0) is 0 Å². The highest BCUT2D eigenvalue weighted by Gasteiger charge is 2.08. The topological polar surface area (TPSA) is 42.2 Å². The largest absolute Gasteiger partial charge is 0.370 e. The van der Waals surface area contributed by atoms with E-state index < -0.39 is 0 Å². The molecule has 2 aromatic heterocycles. The first-order chi connectivity index (χ1) is 8.40. The molecule has 0 spiro atoms. The number of imidazole rings is 1. The molecule has 3 aromatic rings. The Morgan fingerprint density at radius 3 is 2.71 bits per heavy atom. The van der Waals surface area contributed by atoms with Gasteiger partial charge >= 0.3 is 0 Å². The highest BCUT2D eigenvalue weighted by atomic mass is 15.1. The van der Waals surface area contributed by atoms with Crippen molar-refractivity contribution >= 4 is 11.5 Å². The second-order valence-electron chi connectivity index (χ2n) is 3.73. The lowest BCUT2D eigenvalue weighted by atomic mass is 10.2. The summed E-state index contributed by atoms with van der Waals surface area (Å²) < 4.78 is 2.04. The molecular formula is C13H12N4. The van der Waals surface area contributed by atoms with Crippen LogP contribution < -0.4 is 5.32 Å². The van der Waals surface area contributed by atoms with E-state index in [1.807, 2.05) is 42.0 Å². The first-order valence-corrected chi connectivity index (χ1v) is 5.45. The molecule has 0 aliphatic carbocycles. The number of rotatable bonds is 2. The van der Waals surface area contributed by atoms with Crippen molar-refractivity contribution in [3.63, 3.8) is 0 Å². The van der Waals surface area contributed by atoms with Crippen LogP contribution in [0.4, 0.5) is 5.82 Å². The van der Waals surface area contributed by atoms with E-state index in [1.165, 1.54) is 0 Å². The molecule has 0 aliphatic rings. The minimum Gasteiger partial charge on any atom is -0.370 e. The van der Waals surface area contributed by atoms with Crippen molar-refractivity contribution in [3.05, 3.63) is 48.9 Å². The summed E-state index contributed by atoms with van der Waals surface area (Å²) in [5, 5.41) is 3.04. The van der Waals surface area contributed by atoms with Gasteiger partial charge in [-0.3, -0.25) is 4.40 Å². The van der Waals surface area contributed by atoms with Crippen molar-refractivity contribution in [3.8, 4) is 11.3 Å². The lowest BCUT2D eigenvalue weighted by Crippen LogP contribution is -1.97. The third-order valence-corrected chi connectivity index (χ3v) is 2.73. The Bertz CT molecular complexity index is 643. The van der Waals surface area contributed by atoms with Crippen LogP contribution in [-0.2, 0) is 0 Å². The Hall–Kier alpha value is -2.36. The fourth-order valence-corrected chi connectivity index (χ4v) is 1.92. The average Bonchev–Trinajstić information content (AvgIpc) is 2.83. The molecule has 84 valence electrons. The molecular weight excluding hydrogens is 212 g/mol. The standard InChI is InChI=1S/C13H12N4/c1-14-12-13-16-9-11(17(13)8-7-15-12)10-5-3-2-4-6-10/h2-9H,1H3,(H,14,15). The Morgan fingerprint density at radius 1 is 1.12 bits per heavy atom. The minimum atomic E-state index is 0.787. The maximum Gasteiger partial charge on any atom is 0.180 e. The van der Waals surface area contributed by atoms with E-state index in [0.29, 0.717) is 0 Å². The normalized spacial score (nSPS) is 10.6. The average molecular weight is 224 g/mol. The van der Waals surface area contributed by atoms with Gasteiger partial charge in [0.25, 0.3) is 0 Å². The Balaban J connectivity index is 2.26. The maximum atomic E-state index is 4.40. The Labute approximate surface area is 99.0 Å². The van der Waals surface area contributed by atoms with Crippen LogP contribution in [0.5, 0.6) is 0 Å². The van der Waals surface area contributed by atoms with Crippen LogP contribution in [0.25, 0.3) is 16.9 Å². The number of fused-ring (bicyclic) bond motifs is 1. The second-order valence-corrected chi connectivity index (χ2v) is 3.73. The molecule has 0 saturated carbocycles. The van der Waals surface area contributed by atoms with Crippen molar-refractivity contribution < 1.29 is 0 Å². The predicted molar refractivity (Wildman–Crippen MR) is 68.0 cm³/mol. The molecule has 0 fully saturated rings. The van der Waals surface area contributed by atoms with Crippen LogP contribution in [0.15, 0.2) is 48.9 Å². The number of nitrogens with zero attached hydrogens (tertiary/aromatic N) is 3. The van der Waals surface area contributed by atoms with Crippen LogP contribution in [0.2, 0.25) is 0 Å². The number of hydrogen-bond donors (Lipinski definition) is 1. The van der Waals surface area contributed by atoms with E-state index in [4.69, 9.17) is 0 Å². The zero-order valence-electron chi connectivity index (χ0n) is 9.46. The molecule has 4 nitrogen and oxygen atoms in total. The summed E-state index contributed by atoms with van der Waals surface area (Å²) in [4.78, 5) is 8.64. The molecule has 0 atom stereocenters. The van der Waals surface area contributed by atoms with Gasteiger partial charge in [-0.2, -0.15) is 0 Å². The molecule has 0 amide bonds. The fourth-order valence-electron chi connectivity index (χ4n) is 1.92. The van der Waals surface area contributed by atoms with Crippen molar-refractivity contribution in [1.82, 2.24) is 14.4 Å². The van der Waals surface area contributed by atoms with E-state index in [0.717, 1.165) is 22.7 Å². The van der Waals surface area contributed by atoms with Gasteiger partial charge in [-0.1, -0.05) is 30.3 Å². The molecule has 2 heterocycles. The highest BCUT2D eigenvalue weighted by molar-refractivity contribution is 5.70. The molecule has 0 saturated heterocycles. The van der Waals surface area contributed by atoms with Crippen LogP contribution >= 0.6 is 0 Å². The van der Waals surface area contributed by atoms with Gasteiger partial charge < -0.3 is 5.32 Å². The van der Waals surface area contributed by atoms with Crippen molar-refractivity contribution in [2.75, 3.05) is 12.4 Å². The predicted octanol–water partition coefficient (Wildman–Crippen LogP) is 2.44. The monoisotopic (exact) mass is 224 g/mol. The summed E-state index contributed by atoms with van der Waals surface area (Å²) >= 11 is 0. The summed E-state index contributed by atoms with van der Waals surface area (Å²) in [5.74, 6) is 0.787. The van der Waals surface area contributed by atoms with E-state index in [-0.39, 0.29) is 0 Å². The van der Waals surface area contributed by atoms with Gasteiger partial charge in [-0.15, -0.1) is 0 Å². The molecule has 0 bridgehead atoms. The lowest BCUT2D eigenvalue weighted by molar-refractivity contribution is 1.13. The molecule has 4 heteroatoms. The molecule has 17 heavy (non-hydrogen) atoms. The summed E-state index contributed by atoms with van der Waals surface area (Å²) in [6.45, 7) is 0. The number of anilines is 1. The zero-order valence-corrected chi connectivity index (χ0v) is 9.46. The summed E-state index contributed by atoms with van der Waals surface area (Å²) in [7, 11) is 1.85. The van der Waals surface area contributed by atoms with Crippen molar-refractivity contribution in [2.24, 2.45) is 0 Å². The fraction of sp³-hybridized carbons (Fsp3) is 0.0769. The van der Waals surface area contributed by atoms with Gasteiger partial charge in [0, 0.05) is 25.0 Å².